The Balaban J connectivity index is 2.57. The molecule has 0 saturated carbocycles. The number of benzene rings is 1. The molecule has 0 atom stereocenters. The molecular weight excluding hydrogens is 281 g/mol. The van der Waals surface area contributed by atoms with Crippen molar-refractivity contribution in [2.75, 3.05) is 11.9 Å². The van der Waals surface area contributed by atoms with Gasteiger partial charge in [-0.3, -0.25) is 0 Å². The molecule has 0 unspecified atom stereocenters. The fourth-order valence-electron chi connectivity index (χ4n) is 1.88. The van der Waals surface area contributed by atoms with Crippen LogP contribution >= 0.6 is 23.2 Å². The van der Waals surface area contributed by atoms with Crippen LogP contribution in [0.25, 0.3) is 11.3 Å². The molecule has 0 radical (unpaired) electrons. The highest BCUT2D eigenvalue weighted by molar-refractivity contribution is 6.35. The van der Waals surface area contributed by atoms with Gasteiger partial charge in [-0.25, -0.2) is 0 Å². The van der Waals surface area contributed by atoms with Gasteiger partial charge in [0.1, 0.15) is 0 Å². The third-order valence-corrected chi connectivity index (χ3v) is 3.62. The number of nitrogens with zero attached hydrogens (tertiary/aromatic N) is 2. The molecule has 3 nitrogen and oxygen atoms in total. The molecule has 1 heterocycles. The lowest BCUT2D eigenvalue weighted by Crippen LogP contribution is -2.06. The van der Waals surface area contributed by atoms with Gasteiger partial charge in [-0.2, -0.15) is 0 Å². The Morgan fingerprint density at radius 3 is 2.53 bits per heavy atom. The maximum absolute atomic E-state index is 6.21. The molecule has 1 aromatic heterocycles. The average molecular weight is 296 g/mol. The summed E-state index contributed by atoms with van der Waals surface area (Å²) >= 11 is 12.2. The first-order valence-corrected chi connectivity index (χ1v) is 6.83. The molecule has 0 spiro atoms. The highest BCUT2D eigenvalue weighted by Crippen LogP contribution is 2.33. The molecule has 0 amide bonds. The van der Waals surface area contributed by atoms with Crippen molar-refractivity contribution in [2.24, 2.45) is 0 Å². The quantitative estimate of drug-likeness (QED) is 0.906. The second-order valence-electron chi connectivity index (χ2n) is 4.30. The smallest absolute Gasteiger partial charge is 0.151 e. The van der Waals surface area contributed by atoms with E-state index in [4.69, 9.17) is 23.2 Å². The third-order valence-electron chi connectivity index (χ3n) is 3.05. The zero-order chi connectivity index (χ0) is 14.0. The van der Waals surface area contributed by atoms with Crippen molar-refractivity contribution < 1.29 is 0 Å². The summed E-state index contributed by atoms with van der Waals surface area (Å²) in [6.07, 6.45) is 0. The number of hydrogen-bond acceptors (Lipinski definition) is 3. The Kier molecular flexibility index (Phi) is 4.27. The molecule has 0 aliphatic rings. The number of hydrogen-bond donors (Lipinski definition) is 1. The minimum Gasteiger partial charge on any atom is -0.369 e. The number of aromatic nitrogens is 2. The van der Waals surface area contributed by atoms with Gasteiger partial charge in [0.15, 0.2) is 5.82 Å². The zero-order valence-corrected chi connectivity index (χ0v) is 12.6. The summed E-state index contributed by atoms with van der Waals surface area (Å²) < 4.78 is 0. The molecule has 0 bridgehead atoms. The Morgan fingerprint density at radius 2 is 1.84 bits per heavy atom. The molecule has 2 aromatic rings. The van der Waals surface area contributed by atoms with Crippen LogP contribution in [-0.4, -0.2) is 16.7 Å². The summed E-state index contributed by atoms with van der Waals surface area (Å²) in [5.74, 6) is 0.807. The van der Waals surface area contributed by atoms with Crippen molar-refractivity contribution in [3.63, 3.8) is 0 Å². The van der Waals surface area contributed by atoms with Gasteiger partial charge >= 0.3 is 0 Å². The summed E-state index contributed by atoms with van der Waals surface area (Å²) in [6, 6.07) is 5.34. The Hall–Kier alpha value is -1.32. The summed E-state index contributed by atoms with van der Waals surface area (Å²) in [5, 5.41) is 12.9. The van der Waals surface area contributed by atoms with E-state index in [-0.39, 0.29) is 0 Å². The maximum atomic E-state index is 6.21. The van der Waals surface area contributed by atoms with Crippen LogP contribution in [0.15, 0.2) is 18.2 Å². The van der Waals surface area contributed by atoms with E-state index in [2.05, 4.69) is 15.5 Å². The van der Waals surface area contributed by atoms with E-state index < -0.39 is 0 Å². The van der Waals surface area contributed by atoms with Crippen molar-refractivity contribution in [1.29, 1.82) is 0 Å². The molecule has 19 heavy (non-hydrogen) atoms. The van der Waals surface area contributed by atoms with Crippen LogP contribution in [0.4, 0.5) is 5.82 Å². The van der Waals surface area contributed by atoms with Gasteiger partial charge < -0.3 is 5.32 Å². The number of rotatable bonds is 3. The lowest BCUT2D eigenvalue weighted by atomic mass is 10.0. The van der Waals surface area contributed by atoms with Crippen LogP contribution in [-0.2, 0) is 0 Å². The monoisotopic (exact) mass is 295 g/mol. The zero-order valence-electron chi connectivity index (χ0n) is 11.1. The van der Waals surface area contributed by atoms with Gasteiger partial charge in [-0.05, 0) is 50.1 Å². The van der Waals surface area contributed by atoms with Gasteiger partial charge in [-0.15, -0.1) is 10.2 Å². The first kappa shape index (κ1) is 14.1. The topological polar surface area (TPSA) is 37.8 Å². The van der Waals surface area contributed by atoms with Gasteiger partial charge in [0.2, 0.25) is 0 Å². The fourth-order valence-corrected chi connectivity index (χ4v) is 2.25. The Labute approximate surface area is 123 Å². The molecule has 0 aliphatic heterocycles. The Bertz CT molecular complexity index is 612. The standard InChI is InChI=1S/C14H15Cl2N3/c1-4-17-14-9(3)8(2)13(18-19-14)11-7-10(15)5-6-12(11)16/h5-7H,4H2,1-3H3,(H,17,19). The van der Waals surface area contributed by atoms with Gasteiger partial charge in [0, 0.05) is 17.1 Å². The summed E-state index contributed by atoms with van der Waals surface area (Å²) in [4.78, 5) is 0. The minimum atomic E-state index is 0.623. The van der Waals surface area contributed by atoms with Crippen LogP contribution in [0.1, 0.15) is 18.1 Å². The van der Waals surface area contributed by atoms with E-state index in [9.17, 15) is 0 Å². The normalized spacial score (nSPS) is 10.6. The van der Waals surface area contributed by atoms with E-state index in [0.29, 0.717) is 10.0 Å². The lowest BCUT2D eigenvalue weighted by molar-refractivity contribution is 0.987. The lowest BCUT2D eigenvalue weighted by Gasteiger charge is -2.12. The summed E-state index contributed by atoms with van der Waals surface area (Å²) in [6.45, 7) is 6.87. The van der Waals surface area contributed by atoms with E-state index >= 15 is 0 Å². The van der Waals surface area contributed by atoms with E-state index in [1.807, 2.05) is 26.8 Å². The average Bonchev–Trinajstić information content (AvgIpc) is 2.39. The molecule has 0 aliphatic carbocycles. The number of nitrogens with one attached hydrogen (secondary N) is 1. The van der Waals surface area contributed by atoms with Crippen molar-refractivity contribution in [1.82, 2.24) is 10.2 Å². The maximum Gasteiger partial charge on any atom is 0.151 e. The largest absolute Gasteiger partial charge is 0.369 e. The SMILES string of the molecule is CCNc1nnc(-c2cc(Cl)ccc2Cl)c(C)c1C. The van der Waals surface area contributed by atoms with Crippen LogP contribution in [0.2, 0.25) is 10.0 Å². The second kappa shape index (κ2) is 5.76. The highest BCUT2D eigenvalue weighted by atomic mass is 35.5. The predicted molar refractivity (Wildman–Crippen MR) is 81.1 cm³/mol. The summed E-state index contributed by atoms with van der Waals surface area (Å²) in [5.41, 5.74) is 3.70. The van der Waals surface area contributed by atoms with Gasteiger partial charge in [-0.1, -0.05) is 23.2 Å². The van der Waals surface area contributed by atoms with Crippen LogP contribution in [0.5, 0.6) is 0 Å². The van der Waals surface area contributed by atoms with Crippen molar-refractivity contribution >= 4 is 29.0 Å². The number of anilines is 1. The van der Waals surface area contributed by atoms with Crippen molar-refractivity contribution in [2.45, 2.75) is 20.8 Å². The molecule has 0 saturated heterocycles. The first-order valence-electron chi connectivity index (χ1n) is 6.07. The van der Waals surface area contributed by atoms with Gasteiger partial charge in [0.25, 0.3) is 0 Å². The summed E-state index contributed by atoms with van der Waals surface area (Å²) in [7, 11) is 0. The minimum absolute atomic E-state index is 0.623. The molecular formula is C14H15Cl2N3. The molecule has 5 heteroatoms. The number of halogens is 2. The van der Waals surface area contributed by atoms with E-state index in [1.165, 1.54) is 0 Å². The molecule has 2 rings (SSSR count). The molecule has 100 valence electrons. The van der Waals surface area contributed by atoms with Crippen molar-refractivity contribution in [3.8, 4) is 11.3 Å². The molecule has 1 aromatic carbocycles. The molecule has 1 N–H and O–H groups in total. The Morgan fingerprint density at radius 1 is 1.11 bits per heavy atom. The second-order valence-corrected chi connectivity index (χ2v) is 5.15. The van der Waals surface area contributed by atoms with Crippen LogP contribution in [0.3, 0.4) is 0 Å². The third kappa shape index (κ3) is 2.82. The van der Waals surface area contributed by atoms with Gasteiger partial charge in [0.05, 0.1) is 10.7 Å². The molecule has 0 fully saturated rings. The van der Waals surface area contributed by atoms with Crippen LogP contribution in [0, 0.1) is 13.8 Å². The van der Waals surface area contributed by atoms with Crippen molar-refractivity contribution in [3.05, 3.63) is 39.4 Å². The highest BCUT2D eigenvalue weighted by Gasteiger charge is 2.13. The van der Waals surface area contributed by atoms with E-state index in [0.717, 1.165) is 34.7 Å². The van der Waals surface area contributed by atoms with E-state index in [1.54, 1.807) is 12.1 Å². The van der Waals surface area contributed by atoms with Crippen LogP contribution < -0.4 is 5.32 Å². The predicted octanol–water partition coefficient (Wildman–Crippen LogP) is 4.50. The first-order chi connectivity index (χ1) is 9.04. The fraction of sp³-hybridized carbons (Fsp3) is 0.286.